The second kappa shape index (κ2) is 7.85. The van der Waals surface area contributed by atoms with Gasteiger partial charge in [-0.05, 0) is 0 Å². The Hall–Kier alpha value is -2.11. The molecule has 0 rings (SSSR count). The lowest BCUT2D eigenvalue weighted by Crippen LogP contribution is -2.58. The average molecular weight is 382 g/mol. The summed E-state index contributed by atoms with van der Waals surface area (Å²) in [5.74, 6) is -18.0. The molecule has 5 nitrogen and oxygen atoms in total. The summed E-state index contributed by atoms with van der Waals surface area (Å²) in [7, 11) is 0. The first-order chi connectivity index (χ1) is 11.1. The molecule has 0 aliphatic rings. The molecule has 0 heterocycles. The van der Waals surface area contributed by atoms with Crippen LogP contribution in [-0.2, 0) is 23.8 Å². The molecule has 1 atom stereocenters. The van der Waals surface area contributed by atoms with Crippen LogP contribution >= 0.6 is 0 Å². The molecule has 0 fully saturated rings. The maximum absolute atomic E-state index is 13.2. The lowest BCUT2D eigenvalue weighted by Gasteiger charge is -2.32. The standard InChI is InChI=1S/C13H13F7O5/c1-4-8(21)25-12(13(18,19)20,9(22)23-5-2)24-7-6-11(16,17)10(3,14)15/h4-5H,1-2,6-7H2,3H3. The number of alkyl halides is 7. The van der Waals surface area contributed by atoms with E-state index in [1.54, 1.807) is 0 Å². The molecule has 0 saturated heterocycles. The molecule has 0 radical (unpaired) electrons. The first kappa shape index (κ1) is 22.9. The fraction of sp³-hybridized carbons (Fsp3) is 0.538. The van der Waals surface area contributed by atoms with E-state index in [0.29, 0.717) is 0 Å². The van der Waals surface area contributed by atoms with Crippen molar-refractivity contribution in [3.63, 3.8) is 0 Å². The number of hydrogen-bond acceptors (Lipinski definition) is 5. The van der Waals surface area contributed by atoms with Gasteiger partial charge in [0.05, 0.1) is 12.9 Å². The second-order valence-electron chi connectivity index (χ2n) is 4.50. The Bertz CT molecular complexity index is 524. The van der Waals surface area contributed by atoms with Gasteiger partial charge in [-0.2, -0.15) is 22.0 Å². The summed E-state index contributed by atoms with van der Waals surface area (Å²) in [6.45, 7) is 3.71. The van der Waals surface area contributed by atoms with E-state index in [9.17, 15) is 40.3 Å². The first-order valence-electron chi connectivity index (χ1n) is 6.28. The van der Waals surface area contributed by atoms with E-state index in [4.69, 9.17) is 0 Å². The second-order valence-corrected chi connectivity index (χ2v) is 4.50. The normalized spacial score (nSPS) is 15.0. The number of hydrogen-bond donors (Lipinski definition) is 0. The third kappa shape index (κ3) is 5.44. The molecule has 25 heavy (non-hydrogen) atoms. The van der Waals surface area contributed by atoms with Crippen molar-refractivity contribution >= 4 is 11.9 Å². The molecule has 0 N–H and O–H groups in total. The van der Waals surface area contributed by atoms with Crippen LogP contribution in [0, 0.1) is 0 Å². The van der Waals surface area contributed by atoms with Crippen LogP contribution in [0.1, 0.15) is 13.3 Å². The molecule has 0 spiro atoms. The van der Waals surface area contributed by atoms with E-state index in [0.717, 1.165) is 0 Å². The number of carbonyl (C=O) groups is 2. The molecule has 0 amide bonds. The Morgan fingerprint density at radius 1 is 1.04 bits per heavy atom. The van der Waals surface area contributed by atoms with Crippen LogP contribution in [-0.4, -0.2) is 42.4 Å². The molecule has 0 saturated carbocycles. The molecular weight excluding hydrogens is 369 g/mol. The number of halogens is 7. The Morgan fingerprint density at radius 3 is 1.92 bits per heavy atom. The number of ether oxygens (including phenoxy) is 3. The minimum atomic E-state index is -5.80. The van der Waals surface area contributed by atoms with Crippen molar-refractivity contribution in [2.75, 3.05) is 6.61 Å². The van der Waals surface area contributed by atoms with Gasteiger partial charge in [-0.3, -0.25) is 0 Å². The summed E-state index contributed by atoms with van der Waals surface area (Å²) < 4.78 is 103. The molecule has 12 heteroatoms. The molecule has 0 aliphatic carbocycles. The van der Waals surface area contributed by atoms with Crippen LogP contribution < -0.4 is 0 Å². The molecule has 0 aliphatic heterocycles. The van der Waals surface area contributed by atoms with Crippen LogP contribution in [0.15, 0.2) is 25.5 Å². The fourth-order valence-corrected chi connectivity index (χ4v) is 1.26. The van der Waals surface area contributed by atoms with E-state index >= 15 is 0 Å². The maximum atomic E-state index is 13.2. The van der Waals surface area contributed by atoms with Crippen LogP contribution in [0.4, 0.5) is 30.7 Å². The highest BCUT2D eigenvalue weighted by molar-refractivity contribution is 5.87. The van der Waals surface area contributed by atoms with Gasteiger partial charge in [-0.1, -0.05) is 13.2 Å². The summed E-state index contributed by atoms with van der Waals surface area (Å²) in [4.78, 5) is 22.6. The molecular formula is C13H13F7O5. The van der Waals surface area contributed by atoms with Crippen molar-refractivity contribution < 1.29 is 54.5 Å². The third-order valence-electron chi connectivity index (χ3n) is 2.61. The Labute approximate surface area is 137 Å². The van der Waals surface area contributed by atoms with Gasteiger partial charge in [0.1, 0.15) is 0 Å². The van der Waals surface area contributed by atoms with Gasteiger partial charge in [0, 0.05) is 19.4 Å². The highest BCUT2D eigenvalue weighted by atomic mass is 19.4. The van der Waals surface area contributed by atoms with Crippen molar-refractivity contribution in [2.24, 2.45) is 0 Å². The van der Waals surface area contributed by atoms with Crippen LogP contribution in [0.5, 0.6) is 0 Å². The van der Waals surface area contributed by atoms with Gasteiger partial charge in [-0.25, -0.2) is 18.4 Å². The monoisotopic (exact) mass is 382 g/mol. The van der Waals surface area contributed by atoms with Gasteiger partial charge in [0.15, 0.2) is 0 Å². The zero-order valence-corrected chi connectivity index (χ0v) is 12.7. The summed E-state index contributed by atoms with van der Waals surface area (Å²) in [6, 6.07) is 0. The van der Waals surface area contributed by atoms with Gasteiger partial charge in [-0.15, -0.1) is 0 Å². The molecule has 1 unspecified atom stereocenters. The van der Waals surface area contributed by atoms with E-state index in [1.165, 1.54) is 0 Å². The minimum absolute atomic E-state index is 0.159. The van der Waals surface area contributed by atoms with Gasteiger partial charge < -0.3 is 14.2 Å². The lowest BCUT2D eigenvalue weighted by molar-refractivity contribution is -0.356. The van der Waals surface area contributed by atoms with Gasteiger partial charge in [0.2, 0.25) is 0 Å². The van der Waals surface area contributed by atoms with E-state index in [2.05, 4.69) is 27.4 Å². The van der Waals surface area contributed by atoms with Gasteiger partial charge >= 0.3 is 35.7 Å². The highest BCUT2D eigenvalue weighted by Crippen LogP contribution is 2.40. The zero-order valence-electron chi connectivity index (χ0n) is 12.7. The summed E-state index contributed by atoms with van der Waals surface area (Å²) in [5.41, 5.74) is 0. The predicted octanol–water partition coefficient (Wildman–Crippen LogP) is 3.36. The summed E-state index contributed by atoms with van der Waals surface area (Å²) >= 11 is 0. The molecule has 0 aromatic carbocycles. The Morgan fingerprint density at radius 2 is 1.56 bits per heavy atom. The molecule has 0 aromatic heterocycles. The fourth-order valence-electron chi connectivity index (χ4n) is 1.26. The topological polar surface area (TPSA) is 61.8 Å². The highest BCUT2D eigenvalue weighted by Gasteiger charge is 2.68. The van der Waals surface area contributed by atoms with E-state index in [1.807, 2.05) is 0 Å². The summed E-state index contributed by atoms with van der Waals surface area (Å²) in [5, 5.41) is 0. The number of rotatable bonds is 9. The average Bonchev–Trinajstić information content (AvgIpc) is 2.43. The van der Waals surface area contributed by atoms with Gasteiger partial charge in [0.25, 0.3) is 0 Å². The van der Waals surface area contributed by atoms with E-state index < -0.39 is 48.8 Å². The van der Waals surface area contributed by atoms with Crippen molar-refractivity contribution in [3.8, 4) is 0 Å². The zero-order chi connectivity index (χ0) is 20.1. The minimum Gasteiger partial charge on any atom is -0.430 e. The van der Waals surface area contributed by atoms with Crippen molar-refractivity contribution in [2.45, 2.75) is 37.2 Å². The molecule has 0 aromatic rings. The van der Waals surface area contributed by atoms with Crippen molar-refractivity contribution in [1.82, 2.24) is 0 Å². The SMILES string of the molecule is C=COC(=O)C(OCCC(F)(F)C(C)(F)F)(OC(=O)C=C)C(F)(F)F. The smallest absolute Gasteiger partial charge is 0.430 e. The van der Waals surface area contributed by atoms with Crippen molar-refractivity contribution in [3.05, 3.63) is 25.5 Å². The van der Waals surface area contributed by atoms with E-state index in [-0.39, 0.29) is 19.3 Å². The molecule has 0 bridgehead atoms. The summed E-state index contributed by atoms with van der Waals surface area (Å²) in [6.07, 6.45) is -7.26. The first-order valence-corrected chi connectivity index (χ1v) is 6.28. The Balaban J connectivity index is 5.65. The Kier molecular flexibility index (Phi) is 7.18. The third-order valence-corrected chi connectivity index (χ3v) is 2.61. The predicted molar refractivity (Wildman–Crippen MR) is 67.5 cm³/mol. The maximum Gasteiger partial charge on any atom is 0.468 e. The van der Waals surface area contributed by atoms with Crippen molar-refractivity contribution in [1.29, 1.82) is 0 Å². The number of carbonyl (C=O) groups excluding carboxylic acids is 2. The van der Waals surface area contributed by atoms with Crippen LogP contribution in [0.2, 0.25) is 0 Å². The molecule has 144 valence electrons. The largest absolute Gasteiger partial charge is 0.468 e. The quantitative estimate of drug-likeness (QED) is 0.201. The van der Waals surface area contributed by atoms with Crippen LogP contribution in [0.25, 0.3) is 0 Å². The van der Waals surface area contributed by atoms with Crippen LogP contribution in [0.3, 0.4) is 0 Å². The number of esters is 2. The lowest BCUT2D eigenvalue weighted by atomic mass is 10.1.